The number of rotatable bonds is 0. The summed E-state index contributed by atoms with van der Waals surface area (Å²) in [5.74, 6) is 1.79. The molecule has 84 valence electrons. The number of hydrogen-bond donors (Lipinski definition) is 0. The first kappa shape index (κ1) is 9.42. The predicted molar refractivity (Wildman–Crippen MR) is 65.9 cm³/mol. The Labute approximate surface area is 104 Å². The maximum absolute atomic E-state index is 5.57. The monoisotopic (exact) mass is 242 g/mol. The molecule has 0 aromatic heterocycles. The zero-order valence-electron chi connectivity index (χ0n) is 9.10. The minimum Gasteiger partial charge on any atom is -0.454 e. The second-order valence-corrected chi connectivity index (χ2v) is 5.23. The molecular weight excluding hydrogens is 232 g/mol. The lowest BCUT2D eigenvalue weighted by atomic mass is 10.0. The van der Waals surface area contributed by atoms with Crippen molar-refractivity contribution in [3.05, 3.63) is 47.5 Å². The fraction of sp³-hybridized carbons (Fsp3) is 0.143. The first-order valence-electron chi connectivity index (χ1n) is 5.59. The number of hydrogen-bond acceptors (Lipinski definition) is 3. The minimum atomic E-state index is 0.341. The van der Waals surface area contributed by atoms with Crippen LogP contribution in [0.1, 0.15) is 11.1 Å². The molecule has 4 rings (SSSR count). The van der Waals surface area contributed by atoms with Crippen LogP contribution in [-0.4, -0.2) is 6.79 Å². The third-order valence-corrected chi connectivity index (χ3v) is 4.41. The number of fused-ring (bicyclic) bond motifs is 4. The molecule has 0 unspecified atom stereocenters. The maximum Gasteiger partial charge on any atom is 0.231 e. The van der Waals surface area contributed by atoms with E-state index in [-0.39, 0.29) is 0 Å². The van der Waals surface area contributed by atoms with Crippen LogP contribution in [0.15, 0.2) is 46.2 Å². The molecule has 3 heteroatoms. The Morgan fingerprint density at radius 3 is 2.88 bits per heavy atom. The van der Waals surface area contributed by atoms with E-state index in [2.05, 4.69) is 30.3 Å². The maximum atomic E-state index is 5.57. The molecule has 2 aromatic rings. The Kier molecular flexibility index (Phi) is 1.91. The van der Waals surface area contributed by atoms with Crippen LogP contribution in [0.4, 0.5) is 0 Å². The first-order valence-corrected chi connectivity index (χ1v) is 6.41. The summed E-state index contributed by atoms with van der Waals surface area (Å²) in [6.07, 6.45) is 0.981. The van der Waals surface area contributed by atoms with Gasteiger partial charge in [0, 0.05) is 4.90 Å². The summed E-state index contributed by atoms with van der Waals surface area (Å²) in [6.45, 7) is 0.341. The summed E-state index contributed by atoms with van der Waals surface area (Å²) < 4.78 is 11.0. The van der Waals surface area contributed by atoms with Crippen molar-refractivity contribution >= 4 is 11.8 Å². The fourth-order valence-electron chi connectivity index (χ4n) is 2.30. The van der Waals surface area contributed by atoms with Crippen LogP contribution in [0, 0.1) is 0 Å². The van der Waals surface area contributed by atoms with Gasteiger partial charge >= 0.3 is 0 Å². The summed E-state index contributed by atoms with van der Waals surface area (Å²) in [5.41, 5.74) is 2.72. The quantitative estimate of drug-likeness (QED) is 0.601. The molecular formula is C14H10O2S. The summed E-state index contributed by atoms with van der Waals surface area (Å²) in [4.78, 5) is 2.54. The minimum absolute atomic E-state index is 0.341. The molecule has 0 aliphatic carbocycles. The van der Waals surface area contributed by atoms with E-state index in [4.69, 9.17) is 9.47 Å². The van der Waals surface area contributed by atoms with Gasteiger partial charge in [-0.15, -0.1) is 0 Å². The van der Waals surface area contributed by atoms with Crippen molar-refractivity contribution < 1.29 is 9.47 Å². The average molecular weight is 242 g/mol. The molecule has 0 fully saturated rings. The van der Waals surface area contributed by atoms with Crippen LogP contribution in [0.25, 0.3) is 0 Å². The van der Waals surface area contributed by atoms with Gasteiger partial charge in [0.05, 0.1) is 4.90 Å². The molecule has 2 heterocycles. The first-order chi connectivity index (χ1) is 8.42. The van der Waals surface area contributed by atoms with E-state index in [0.717, 1.165) is 17.9 Å². The van der Waals surface area contributed by atoms with Gasteiger partial charge in [-0.3, -0.25) is 0 Å². The SMILES string of the molecule is c1ccc2c(c1)Cc1ccc3c(c1S2)OCO3. The van der Waals surface area contributed by atoms with Crippen LogP contribution in [0.2, 0.25) is 0 Å². The molecule has 0 atom stereocenters. The summed E-state index contributed by atoms with van der Waals surface area (Å²) in [6, 6.07) is 12.7. The van der Waals surface area contributed by atoms with Gasteiger partial charge in [-0.05, 0) is 29.7 Å². The van der Waals surface area contributed by atoms with Crippen molar-refractivity contribution in [2.24, 2.45) is 0 Å². The summed E-state index contributed by atoms with van der Waals surface area (Å²) >= 11 is 1.78. The highest BCUT2D eigenvalue weighted by Crippen LogP contribution is 2.49. The highest BCUT2D eigenvalue weighted by molar-refractivity contribution is 7.99. The number of benzene rings is 2. The molecule has 0 amide bonds. The van der Waals surface area contributed by atoms with Gasteiger partial charge < -0.3 is 9.47 Å². The zero-order chi connectivity index (χ0) is 11.2. The molecule has 0 N–H and O–H groups in total. The summed E-state index contributed by atoms with van der Waals surface area (Å²) in [5, 5.41) is 0. The predicted octanol–water partition coefficient (Wildman–Crippen LogP) is 3.47. The van der Waals surface area contributed by atoms with Gasteiger partial charge in [0.2, 0.25) is 6.79 Å². The lowest BCUT2D eigenvalue weighted by Gasteiger charge is -2.19. The van der Waals surface area contributed by atoms with E-state index in [0.29, 0.717) is 6.79 Å². The van der Waals surface area contributed by atoms with E-state index in [1.165, 1.54) is 20.9 Å². The second kappa shape index (κ2) is 3.44. The third-order valence-electron chi connectivity index (χ3n) is 3.14. The Morgan fingerprint density at radius 2 is 1.88 bits per heavy atom. The van der Waals surface area contributed by atoms with Gasteiger partial charge in [0.25, 0.3) is 0 Å². The second-order valence-electron chi connectivity index (χ2n) is 4.17. The Hall–Kier alpha value is -1.61. The van der Waals surface area contributed by atoms with Crippen molar-refractivity contribution in [1.29, 1.82) is 0 Å². The smallest absolute Gasteiger partial charge is 0.231 e. The molecule has 0 saturated carbocycles. The topological polar surface area (TPSA) is 18.5 Å². The molecule has 0 bridgehead atoms. The normalized spacial score (nSPS) is 15.3. The zero-order valence-corrected chi connectivity index (χ0v) is 9.92. The molecule has 0 radical (unpaired) electrons. The summed E-state index contributed by atoms with van der Waals surface area (Å²) in [7, 11) is 0. The highest BCUT2D eigenvalue weighted by Gasteiger charge is 2.25. The van der Waals surface area contributed by atoms with E-state index < -0.39 is 0 Å². The lowest BCUT2D eigenvalue weighted by molar-refractivity contribution is 0.172. The van der Waals surface area contributed by atoms with Crippen LogP contribution >= 0.6 is 11.8 Å². The third kappa shape index (κ3) is 1.35. The fourth-order valence-corrected chi connectivity index (χ4v) is 3.46. The van der Waals surface area contributed by atoms with E-state index in [1.807, 2.05) is 6.07 Å². The molecule has 0 spiro atoms. The average Bonchev–Trinajstić information content (AvgIpc) is 2.85. The Morgan fingerprint density at radius 1 is 0.941 bits per heavy atom. The Bertz CT molecular complexity index is 607. The van der Waals surface area contributed by atoms with Gasteiger partial charge in [-0.1, -0.05) is 36.0 Å². The van der Waals surface area contributed by atoms with Crippen LogP contribution in [0.5, 0.6) is 11.5 Å². The molecule has 2 aliphatic rings. The van der Waals surface area contributed by atoms with Gasteiger partial charge in [-0.2, -0.15) is 0 Å². The van der Waals surface area contributed by atoms with Crippen molar-refractivity contribution in [2.75, 3.05) is 6.79 Å². The van der Waals surface area contributed by atoms with Gasteiger partial charge in [-0.25, -0.2) is 0 Å². The van der Waals surface area contributed by atoms with E-state index in [9.17, 15) is 0 Å². The van der Waals surface area contributed by atoms with Gasteiger partial charge in [0.1, 0.15) is 0 Å². The van der Waals surface area contributed by atoms with Crippen molar-refractivity contribution in [3.8, 4) is 11.5 Å². The molecule has 2 aromatic carbocycles. The lowest BCUT2D eigenvalue weighted by Crippen LogP contribution is -2.00. The van der Waals surface area contributed by atoms with E-state index in [1.54, 1.807) is 11.8 Å². The van der Waals surface area contributed by atoms with Crippen molar-refractivity contribution in [1.82, 2.24) is 0 Å². The molecule has 2 nitrogen and oxygen atoms in total. The molecule has 17 heavy (non-hydrogen) atoms. The number of ether oxygens (including phenoxy) is 2. The largest absolute Gasteiger partial charge is 0.454 e. The Balaban J connectivity index is 1.89. The van der Waals surface area contributed by atoms with Gasteiger partial charge in [0.15, 0.2) is 11.5 Å². The van der Waals surface area contributed by atoms with Crippen molar-refractivity contribution in [2.45, 2.75) is 16.2 Å². The highest BCUT2D eigenvalue weighted by atomic mass is 32.2. The van der Waals surface area contributed by atoms with Crippen molar-refractivity contribution in [3.63, 3.8) is 0 Å². The molecule has 0 saturated heterocycles. The van der Waals surface area contributed by atoms with E-state index >= 15 is 0 Å². The molecule has 2 aliphatic heterocycles. The van der Waals surface area contributed by atoms with Crippen LogP contribution in [-0.2, 0) is 6.42 Å². The van der Waals surface area contributed by atoms with Crippen LogP contribution in [0.3, 0.4) is 0 Å². The van der Waals surface area contributed by atoms with Crippen LogP contribution < -0.4 is 9.47 Å². The standard InChI is InChI=1S/C14H10O2S/c1-2-4-12-9(3-1)7-10-5-6-11-13(14(10)17-12)16-8-15-11/h1-6H,7-8H2.